The second-order valence-corrected chi connectivity index (χ2v) is 4.92. The Morgan fingerprint density at radius 1 is 1.53 bits per heavy atom. The first-order valence-corrected chi connectivity index (χ1v) is 6.14. The van der Waals surface area contributed by atoms with Gasteiger partial charge in [-0.25, -0.2) is 9.78 Å². The number of carboxylic acids is 1. The van der Waals surface area contributed by atoms with Crippen LogP contribution in [0.4, 0.5) is 5.82 Å². The second kappa shape index (κ2) is 5.21. The standard InChI is InChI=1S/C12H17N5O2/c1-7(2)4-9(11(18)19)16-10-5-8(3)15-12-13-6-14-17(10)12/h5-7,9,16H,4H2,1-3H3,(H,18,19). The average molecular weight is 263 g/mol. The van der Waals surface area contributed by atoms with Crippen molar-refractivity contribution >= 4 is 17.6 Å². The van der Waals surface area contributed by atoms with E-state index >= 15 is 0 Å². The Morgan fingerprint density at radius 2 is 2.26 bits per heavy atom. The van der Waals surface area contributed by atoms with Crippen LogP contribution in [0, 0.1) is 12.8 Å². The number of anilines is 1. The van der Waals surface area contributed by atoms with E-state index in [0.717, 1.165) is 5.69 Å². The van der Waals surface area contributed by atoms with Crippen molar-refractivity contribution in [1.82, 2.24) is 19.6 Å². The molecule has 0 aromatic carbocycles. The zero-order valence-electron chi connectivity index (χ0n) is 11.2. The average Bonchev–Trinajstić information content (AvgIpc) is 2.75. The maximum atomic E-state index is 11.3. The van der Waals surface area contributed by atoms with Crippen molar-refractivity contribution in [3.63, 3.8) is 0 Å². The van der Waals surface area contributed by atoms with Gasteiger partial charge in [0.25, 0.3) is 5.78 Å². The predicted molar refractivity (Wildman–Crippen MR) is 70.0 cm³/mol. The summed E-state index contributed by atoms with van der Waals surface area (Å²) in [6.45, 7) is 5.80. The van der Waals surface area contributed by atoms with E-state index in [1.54, 1.807) is 6.07 Å². The van der Waals surface area contributed by atoms with Gasteiger partial charge in [0.15, 0.2) is 0 Å². The minimum atomic E-state index is -0.878. The van der Waals surface area contributed by atoms with Crippen LogP contribution in [-0.2, 0) is 4.79 Å². The summed E-state index contributed by atoms with van der Waals surface area (Å²) in [4.78, 5) is 19.5. The molecule has 0 saturated heterocycles. The maximum Gasteiger partial charge on any atom is 0.326 e. The van der Waals surface area contributed by atoms with Crippen molar-refractivity contribution in [2.24, 2.45) is 5.92 Å². The van der Waals surface area contributed by atoms with Crippen molar-refractivity contribution in [3.8, 4) is 0 Å². The van der Waals surface area contributed by atoms with Crippen molar-refractivity contribution < 1.29 is 9.90 Å². The molecule has 0 bridgehead atoms. The number of aryl methyl sites for hydroxylation is 1. The monoisotopic (exact) mass is 263 g/mol. The topological polar surface area (TPSA) is 92.4 Å². The molecule has 1 atom stereocenters. The highest BCUT2D eigenvalue weighted by Gasteiger charge is 2.20. The maximum absolute atomic E-state index is 11.3. The van der Waals surface area contributed by atoms with Crippen molar-refractivity contribution in [2.75, 3.05) is 5.32 Å². The van der Waals surface area contributed by atoms with E-state index in [9.17, 15) is 9.90 Å². The lowest BCUT2D eigenvalue weighted by molar-refractivity contribution is -0.138. The van der Waals surface area contributed by atoms with Crippen LogP contribution in [0.25, 0.3) is 5.78 Å². The van der Waals surface area contributed by atoms with Gasteiger partial charge in [0, 0.05) is 11.8 Å². The van der Waals surface area contributed by atoms with Crippen LogP contribution in [0.15, 0.2) is 12.4 Å². The number of fused-ring (bicyclic) bond motifs is 1. The van der Waals surface area contributed by atoms with Crippen molar-refractivity contribution in [1.29, 1.82) is 0 Å². The van der Waals surface area contributed by atoms with E-state index in [0.29, 0.717) is 18.0 Å². The third-order valence-electron chi connectivity index (χ3n) is 2.71. The fraction of sp³-hybridized carbons (Fsp3) is 0.500. The molecule has 0 amide bonds. The quantitative estimate of drug-likeness (QED) is 0.845. The molecule has 2 aromatic rings. The largest absolute Gasteiger partial charge is 0.480 e. The lowest BCUT2D eigenvalue weighted by atomic mass is 10.0. The Hall–Kier alpha value is -2.18. The smallest absolute Gasteiger partial charge is 0.326 e. The normalized spacial score (nSPS) is 12.8. The Morgan fingerprint density at radius 3 is 2.89 bits per heavy atom. The highest BCUT2D eigenvalue weighted by molar-refractivity contribution is 5.77. The summed E-state index contributed by atoms with van der Waals surface area (Å²) in [7, 11) is 0. The molecule has 2 heterocycles. The summed E-state index contributed by atoms with van der Waals surface area (Å²) < 4.78 is 1.50. The lowest BCUT2D eigenvalue weighted by Crippen LogP contribution is -2.31. The second-order valence-electron chi connectivity index (χ2n) is 4.92. The van der Waals surface area contributed by atoms with Crippen LogP contribution in [0.2, 0.25) is 0 Å². The summed E-state index contributed by atoms with van der Waals surface area (Å²) in [5.74, 6) is 0.448. The van der Waals surface area contributed by atoms with E-state index in [1.807, 2.05) is 20.8 Å². The Kier molecular flexibility index (Phi) is 3.64. The summed E-state index contributed by atoms with van der Waals surface area (Å²) in [5, 5.41) is 16.3. The SMILES string of the molecule is Cc1cc(NC(CC(C)C)C(=O)O)n2ncnc2n1. The summed E-state index contributed by atoms with van der Waals surface area (Å²) in [5.41, 5.74) is 0.761. The summed E-state index contributed by atoms with van der Waals surface area (Å²) >= 11 is 0. The molecular formula is C12H17N5O2. The first kappa shape index (κ1) is 13.3. The van der Waals surface area contributed by atoms with Gasteiger partial charge in [0.2, 0.25) is 0 Å². The molecule has 0 spiro atoms. The number of rotatable bonds is 5. The number of aromatic nitrogens is 4. The van der Waals surface area contributed by atoms with Gasteiger partial charge in [-0.1, -0.05) is 13.8 Å². The first-order valence-electron chi connectivity index (χ1n) is 6.14. The molecule has 0 saturated carbocycles. The van der Waals surface area contributed by atoms with Gasteiger partial charge >= 0.3 is 5.97 Å². The first-order chi connectivity index (χ1) is 8.97. The fourth-order valence-corrected chi connectivity index (χ4v) is 1.90. The van der Waals surface area contributed by atoms with E-state index in [-0.39, 0.29) is 5.92 Å². The number of hydrogen-bond donors (Lipinski definition) is 2. The van der Waals surface area contributed by atoms with Crippen molar-refractivity contribution in [2.45, 2.75) is 33.2 Å². The van der Waals surface area contributed by atoms with Gasteiger partial charge < -0.3 is 10.4 Å². The molecule has 1 unspecified atom stereocenters. The molecular weight excluding hydrogens is 246 g/mol. The number of aliphatic carboxylic acids is 1. The molecule has 102 valence electrons. The van der Waals surface area contributed by atoms with Gasteiger partial charge in [-0.3, -0.25) is 0 Å². The zero-order chi connectivity index (χ0) is 14.0. The third kappa shape index (κ3) is 2.98. The number of carboxylic acid groups (broad SMARTS) is 1. The molecule has 7 nitrogen and oxygen atoms in total. The van der Waals surface area contributed by atoms with E-state index in [1.165, 1.54) is 10.8 Å². The predicted octanol–water partition coefficient (Wildman–Crippen LogP) is 1.34. The van der Waals surface area contributed by atoms with E-state index < -0.39 is 12.0 Å². The molecule has 19 heavy (non-hydrogen) atoms. The van der Waals surface area contributed by atoms with Crippen LogP contribution in [0.3, 0.4) is 0 Å². The summed E-state index contributed by atoms with van der Waals surface area (Å²) in [6, 6.07) is 1.10. The molecule has 0 aliphatic carbocycles. The molecule has 0 aliphatic rings. The van der Waals surface area contributed by atoms with Crippen LogP contribution in [0.5, 0.6) is 0 Å². The minimum Gasteiger partial charge on any atom is -0.480 e. The highest BCUT2D eigenvalue weighted by atomic mass is 16.4. The Balaban J connectivity index is 2.32. The molecule has 0 fully saturated rings. The Labute approximate surface area is 110 Å². The van der Waals surface area contributed by atoms with Gasteiger partial charge in [-0.15, -0.1) is 0 Å². The van der Waals surface area contributed by atoms with Crippen LogP contribution < -0.4 is 5.32 Å². The minimum absolute atomic E-state index is 0.280. The van der Waals surface area contributed by atoms with Gasteiger partial charge in [-0.05, 0) is 19.3 Å². The number of nitrogens with one attached hydrogen (secondary N) is 1. The van der Waals surface area contributed by atoms with Crippen molar-refractivity contribution in [3.05, 3.63) is 18.1 Å². The molecule has 0 aliphatic heterocycles. The Bertz CT molecular complexity index is 593. The molecule has 2 rings (SSSR count). The fourth-order valence-electron chi connectivity index (χ4n) is 1.90. The molecule has 2 N–H and O–H groups in total. The van der Waals surface area contributed by atoms with E-state index in [2.05, 4.69) is 20.4 Å². The number of nitrogens with zero attached hydrogens (tertiary/aromatic N) is 4. The number of hydrogen-bond acceptors (Lipinski definition) is 5. The van der Waals surface area contributed by atoms with E-state index in [4.69, 9.17) is 0 Å². The summed E-state index contributed by atoms with van der Waals surface area (Å²) in [6.07, 6.45) is 1.93. The van der Waals surface area contributed by atoms with Crippen LogP contribution in [0.1, 0.15) is 26.0 Å². The lowest BCUT2D eigenvalue weighted by Gasteiger charge is -2.18. The van der Waals surface area contributed by atoms with Gasteiger partial charge in [0.1, 0.15) is 18.2 Å². The molecule has 2 aromatic heterocycles. The van der Waals surface area contributed by atoms with Crippen LogP contribution in [-0.4, -0.2) is 36.7 Å². The highest BCUT2D eigenvalue weighted by Crippen LogP contribution is 2.15. The number of carbonyl (C=O) groups is 1. The molecule has 7 heteroatoms. The third-order valence-corrected chi connectivity index (χ3v) is 2.71. The molecule has 0 radical (unpaired) electrons. The van der Waals surface area contributed by atoms with Gasteiger partial charge in [-0.2, -0.15) is 14.6 Å². The van der Waals surface area contributed by atoms with Crippen LogP contribution >= 0.6 is 0 Å². The van der Waals surface area contributed by atoms with Gasteiger partial charge in [0.05, 0.1) is 0 Å². The zero-order valence-corrected chi connectivity index (χ0v) is 11.2.